The minimum Gasteiger partial charge on any atom is -0.497 e. The molecule has 0 atom stereocenters. The van der Waals surface area contributed by atoms with E-state index in [1.807, 2.05) is 30.3 Å². The monoisotopic (exact) mass is 276 g/mol. The molecular weight excluding hydrogens is 264 g/mol. The fourth-order valence-corrected chi connectivity index (χ4v) is 1.78. The maximum absolute atomic E-state index is 11.9. The minimum atomic E-state index is -0.465. The van der Waals surface area contributed by atoms with E-state index in [0.29, 0.717) is 16.3 Å². The quantitative estimate of drug-likeness (QED) is 0.799. The van der Waals surface area contributed by atoms with Gasteiger partial charge < -0.3 is 9.47 Å². The van der Waals surface area contributed by atoms with E-state index in [4.69, 9.17) is 21.1 Å². The predicted molar refractivity (Wildman–Crippen MR) is 73.6 cm³/mol. The Labute approximate surface area is 116 Å². The van der Waals surface area contributed by atoms with Crippen LogP contribution in [0.3, 0.4) is 0 Å². The highest BCUT2D eigenvalue weighted by molar-refractivity contribution is 6.33. The van der Waals surface area contributed by atoms with Crippen LogP contribution in [0.1, 0.15) is 15.9 Å². The molecule has 0 aliphatic rings. The molecule has 0 saturated heterocycles. The Morgan fingerprint density at radius 2 is 1.89 bits per heavy atom. The zero-order valence-electron chi connectivity index (χ0n) is 10.4. The average Bonchev–Trinajstić information content (AvgIpc) is 2.46. The number of hydrogen-bond acceptors (Lipinski definition) is 3. The predicted octanol–water partition coefficient (Wildman–Crippen LogP) is 3.71. The lowest BCUT2D eigenvalue weighted by Gasteiger charge is -2.08. The molecule has 4 heteroatoms. The van der Waals surface area contributed by atoms with Crippen LogP contribution in [0.25, 0.3) is 0 Å². The molecule has 0 saturated carbocycles. The second-order valence-corrected chi connectivity index (χ2v) is 4.31. The standard InChI is InChI=1S/C15H13ClO3/c1-18-12-7-8-14(16)13(9-12)15(17)19-10-11-5-3-2-4-6-11/h2-9H,10H2,1H3. The van der Waals surface area contributed by atoms with E-state index in [9.17, 15) is 4.79 Å². The Balaban J connectivity index is 2.08. The van der Waals surface area contributed by atoms with Crippen LogP contribution in [0.5, 0.6) is 5.75 Å². The molecule has 0 fully saturated rings. The molecule has 0 unspecified atom stereocenters. The zero-order valence-corrected chi connectivity index (χ0v) is 11.2. The third-order valence-corrected chi connectivity index (χ3v) is 2.94. The smallest absolute Gasteiger partial charge is 0.340 e. The topological polar surface area (TPSA) is 35.5 Å². The summed E-state index contributed by atoms with van der Waals surface area (Å²) in [7, 11) is 1.53. The van der Waals surface area contributed by atoms with Crippen LogP contribution < -0.4 is 4.74 Å². The number of carbonyl (C=O) groups excluding carboxylic acids is 1. The van der Waals surface area contributed by atoms with Crippen molar-refractivity contribution in [1.82, 2.24) is 0 Å². The summed E-state index contributed by atoms with van der Waals surface area (Å²) in [6.07, 6.45) is 0. The van der Waals surface area contributed by atoms with E-state index in [2.05, 4.69) is 0 Å². The highest BCUT2D eigenvalue weighted by Crippen LogP contribution is 2.23. The van der Waals surface area contributed by atoms with Gasteiger partial charge in [0.15, 0.2) is 0 Å². The molecule has 98 valence electrons. The Morgan fingerprint density at radius 3 is 2.58 bits per heavy atom. The summed E-state index contributed by atoms with van der Waals surface area (Å²) in [4.78, 5) is 11.9. The molecule has 0 spiro atoms. The van der Waals surface area contributed by atoms with Gasteiger partial charge in [-0.3, -0.25) is 0 Å². The van der Waals surface area contributed by atoms with Crippen molar-refractivity contribution in [3.63, 3.8) is 0 Å². The first-order valence-electron chi connectivity index (χ1n) is 5.75. The Hall–Kier alpha value is -2.00. The van der Waals surface area contributed by atoms with Gasteiger partial charge in [0.25, 0.3) is 0 Å². The lowest BCUT2D eigenvalue weighted by atomic mass is 10.2. The number of halogens is 1. The molecule has 3 nitrogen and oxygen atoms in total. The normalized spacial score (nSPS) is 10.0. The van der Waals surface area contributed by atoms with Crippen LogP contribution in [-0.2, 0) is 11.3 Å². The van der Waals surface area contributed by atoms with Gasteiger partial charge in [-0.1, -0.05) is 41.9 Å². The molecule has 0 aliphatic carbocycles. The molecule has 0 aromatic heterocycles. The molecule has 0 N–H and O–H groups in total. The van der Waals surface area contributed by atoms with Gasteiger partial charge in [0.05, 0.1) is 17.7 Å². The Morgan fingerprint density at radius 1 is 1.16 bits per heavy atom. The van der Waals surface area contributed by atoms with E-state index >= 15 is 0 Å². The Kier molecular flexibility index (Phi) is 4.42. The van der Waals surface area contributed by atoms with Gasteiger partial charge in [-0.15, -0.1) is 0 Å². The number of ether oxygens (including phenoxy) is 2. The SMILES string of the molecule is COc1ccc(Cl)c(C(=O)OCc2ccccc2)c1. The highest BCUT2D eigenvalue weighted by Gasteiger charge is 2.13. The van der Waals surface area contributed by atoms with Crippen molar-refractivity contribution >= 4 is 17.6 Å². The first kappa shape index (κ1) is 13.4. The summed E-state index contributed by atoms with van der Waals surface area (Å²) in [6.45, 7) is 0.215. The zero-order chi connectivity index (χ0) is 13.7. The lowest BCUT2D eigenvalue weighted by Crippen LogP contribution is -2.06. The fourth-order valence-electron chi connectivity index (χ4n) is 1.59. The highest BCUT2D eigenvalue weighted by atomic mass is 35.5. The van der Waals surface area contributed by atoms with E-state index in [1.54, 1.807) is 18.2 Å². The van der Waals surface area contributed by atoms with Crippen LogP contribution >= 0.6 is 11.6 Å². The van der Waals surface area contributed by atoms with Gasteiger partial charge in [0, 0.05) is 0 Å². The number of hydrogen-bond donors (Lipinski definition) is 0. The second-order valence-electron chi connectivity index (χ2n) is 3.91. The molecule has 0 radical (unpaired) electrons. The lowest BCUT2D eigenvalue weighted by molar-refractivity contribution is 0.0472. The van der Waals surface area contributed by atoms with Crippen molar-refractivity contribution in [3.8, 4) is 5.75 Å². The van der Waals surface area contributed by atoms with Crippen molar-refractivity contribution in [1.29, 1.82) is 0 Å². The number of carbonyl (C=O) groups is 1. The van der Waals surface area contributed by atoms with Crippen molar-refractivity contribution < 1.29 is 14.3 Å². The molecule has 0 heterocycles. The first-order valence-corrected chi connectivity index (χ1v) is 6.13. The summed E-state index contributed by atoms with van der Waals surface area (Å²) in [5.41, 5.74) is 1.23. The summed E-state index contributed by atoms with van der Waals surface area (Å²) >= 11 is 5.97. The van der Waals surface area contributed by atoms with Gasteiger partial charge >= 0.3 is 5.97 Å². The molecule has 2 aromatic carbocycles. The van der Waals surface area contributed by atoms with Gasteiger partial charge in [0.1, 0.15) is 12.4 Å². The van der Waals surface area contributed by atoms with Crippen LogP contribution in [-0.4, -0.2) is 13.1 Å². The van der Waals surface area contributed by atoms with Crippen molar-refractivity contribution in [2.45, 2.75) is 6.61 Å². The molecule has 0 bridgehead atoms. The number of benzene rings is 2. The number of esters is 1. The van der Waals surface area contributed by atoms with E-state index in [0.717, 1.165) is 5.56 Å². The summed E-state index contributed by atoms with van der Waals surface area (Å²) in [5.74, 6) is 0.101. The minimum absolute atomic E-state index is 0.215. The molecule has 19 heavy (non-hydrogen) atoms. The molecular formula is C15H13ClO3. The maximum atomic E-state index is 11.9. The van der Waals surface area contributed by atoms with Gasteiger partial charge in [-0.05, 0) is 23.8 Å². The largest absolute Gasteiger partial charge is 0.497 e. The summed E-state index contributed by atoms with van der Waals surface area (Å²) in [6, 6.07) is 14.3. The van der Waals surface area contributed by atoms with Gasteiger partial charge in [-0.25, -0.2) is 4.79 Å². The number of rotatable bonds is 4. The van der Waals surface area contributed by atoms with Crippen molar-refractivity contribution in [2.75, 3.05) is 7.11 Å². The van der Waals surface area contributed by atoms with E-state index in [1.165, 1.54) is 7.11 Å². The summed E-state index contributed by atoms with van der Waals surface area (Å²) in [5, 5.41) is 0.346. The van der Waals surface area contributed by atoms with Crippen LogP contribution in [0.15, 0.2) is 48.5 Å². The average molecular weight is 277 g/mol. The summed E-state index contributed by atoms with van der Waals surface area (Å²) < 4.78 is 10.3. The Bertz CT molecular complexity index is 567. The van der Waals surface area contributed by atoms with Crippen LogP contribution in [0.2, 0.25) is 5.02 Å². The maximum Gasteiger partial charge on any atom is 0.340 e. The third kappa shape index (κ3) is 3.48. The second kappa shape index (κ2) is 6.25. The molecule has 2 rings (SSSR count). The van der Waals surface area contributed by atoms with Gasteiger partial charge in [0.2, 0.25) is 0 Å². The van der Waals surface area contributed by atoms with Crippen LogP contribution in [0, 0.1) is 0 Å². The van der Waals surface area contributed by atoms with E-state index in [-0.39, 0.29) is 6.61 Å². The van der Waals surface area contributed by atoms with Crippen LogP contribution in [0.4, 0.5) is 0 Å². The molecule has 2 aromatic rings. The van der Waals surface area contributed by atoms with Crippen molar-refractivity contribution in [2.24, 2.45) is 0 Å². The van der Waals surface area contributed by atoms with Crippen molar-refractivity contribution in [3.05, 3.63) is 64.7 Å². The molecule has 0 aliphatic heterocycles. The fraction of sp³-hybridized carbons (Fsp3) is 0.133. The third-order valence-electron chi connectivity index (χ3n) is 2.61. The number of methoxy groups -OCH3 is 1. The van der Waals surface area contributed by atoms with Gasteiger partial charge in [-0.2, -0.15) is 0 Å². The van der Waals surface area contributed by atoms with E-state index < -0.39 is 5.97 Å². The molecule has 0 amide bonds. The first-order chi connectivity index (χ1) is 9.20.